The molecule has 0 unspecified atom stereocenters. The third-order valence-corrected chi connectivity index (χ3v) is 5.08. The van der Waals surface area contributed by atoms with Crippen LogP contribution >= 0.6 is 23.2 Å². The molecule has 1 saturated heterocycles. The van der Waals surface area contributed by atoms with Crippen molar-refractivity contribution in [1.29, 1.82) is 0 Å². The summed E-state index contributed by atoms with van der Waals surface area (Å²) in [7, 11) is 0. The van der Waals surface area contributed by atoms with Crippen molar-refractivity contribution in [2.75, 3.05) is 13.1 Å². The zero-order valence-electron chi connectivity index (χ0n) is 13.7. The van der Waals surface area contributed by atoms with Gasteiger partial charge in [-0.1, -0.05) is 29.3 Å². The molecule has 0 aliphatic carbocycles. The van der Waals surface area contributed by atoms with Crippen LogP contribution in [0.1, 0.15) is 28.9 Å². The summed E-state index contributed by atoms with van der Waals surface area (Å²) in [5.74, 6) is 0.0574. The molecule has 0 saturated carbocycles. The SMILES string of the molecule is Cc1nn(Cc2c(Cl)cccc2Cl)c(C)c1/C=C/C(=O)N1CCC1. The topological polar surface area (TPSA) is 38.1 Å². The molecule has 0 radical (unpaired) electrons. The third kappa shape index (κ3) is 3.35. The van der Waals surface area contributed by atoms with Crippen LogP contribution in [0, 0.1) is 13.8 Å². The van der Waals surface area contributed by atoms with Crippen LogP contribution < -0.4 is 0 Å². The summed E-state index contributed by atoms with van der Waals surface area (Å²) in [6.45, 7) is 6.12. The van der Waals surface area contributed by atoms with Crippen LogP contribution in [0.2, 0.25) is 10.0 Å². The summed E-state index contributed by atoms with van der Waals surface area (Å²) in [6.07, 6.45) is 4.57. The van der Waals surface area contributed by atoms with E-state index in [1.807, 2.05) is 47.7 Å². The van der Waals surface area contributed by atoms with E-state index >= 15 is 0 Å². The van der Waals surface area contributed by atoms with E-state index in [1.165, 1.54) is 0 Å². The first kappa shape index (κ1) is 17.1. The molecule has 1 aromatic heterocycles. The number of hydrogen-bond acceptors (Lipinski definition) is 2. The molecule has 1 amide bonds. The van der Waals surface area contributed by atoms with Gasteiger partial charge in [0.1, 0.15) is 0 Å². The molecular formula is C18H19Cl2N3O. The van der Waals surface area contributed by atoms with Gasteiger partial charge in [-0.2, -0.15) is 5.10 Å². The Balaban J connectivity index is 1.84. The molecule has 2 aromatic rings. The Morgan fingerprint density at radius 1 is 1.25 bits per heavy atom. The van der Waals surface area contributed by atoms with Gasteiger partial charge in [-0.25, -0.2) is 0 Å². The Morgan fingerprint density at radius 2 is 1.92 bits per heavy atom. The quantitative estimate of drug-likeness (QED) is 0.766. The number of hydrogen-bond donors (Lipinski definition) is 0. The molecule has 0 bridgehead atoms. The van der Waals surface area contributed by atoms with Crippen LogP contribution in [0.15, 0.2) is 24.3 Å². The number of aromatic nitrogens is 2. The Hall–Kier alpha value is -1.78. The van der Waals surface area contributed by atoms with E-state index in [-0.39, 0.29) is 5.91 Å². The van der Waals surface area contributed by atoms with Crippen molar-refractivity contribution in [2.45, 2.75) is 26.8 Å². The van der Waals surface area contributed by atoms with E-state index < -0.39 is 0 Å². The first-order valence-corrected chi connectivity index (χ1v) is 8.67. The Morgan fingerprint density at radius 3 is 2.50 bits per heavy atom. The summed E-state index contributed by atoms with van der Waals surface area (Å²) in [4.78, 5) is 13.8. The van der Waals surface area contributed by atoms with Crippen LogP contribution in [-0.2, 0) is 11.3 Å². The molecule has 0 N–H and O–H groups in total. The van der Waals surface area contributed by atoms with Crippen LogP contribution in [0.3, 0.4) is 0 Å². The highest BCUT2D eigenvalue weighted by molar-refractivity contribution is 6.35. The van der Waals surface area contributed by atoms with E-state index in [0.29, 0.717) is 16.6 Å². The lowest BCUT2D eigenvalue weighted by molar-refractivity contribution is -0.129. The van der Waals surface area contributed by atoms with Crippen molar-refractivity contribution in [3.8, 4) is 0 Å². The number of halogens is 2. The molecule has 0 atom stereocenters. The van der Waals surface area contributed by atoms with Crippen molar-refractivity contribution in [3.63, 3.8) is 0 Å². The van der Waals surface area contributed by atoms with Gasteiger partial charge in [-0.3, -0.25) is 9.48 Å². The second-order valence-electron chi connectivity index (χ2n) is 5.95. The standard InChI is InChI=1S/C18H19Cl2N3O/c1-12-14(7-8-18(24)22-9-4-10-22)13(2)23(21-12)11-15-16(19)5-3-6-17(15)20/h3,5-8H,4,9-11H2,1-2H3/b8-7+. The van der Waals surface area contributed by atoms with Crippen LogP contribution in [0.4, 0.5) is 0 Å². The molecular weight excluding hydrogens is 345 g/mol. The molecule has 4 nitrogen and oxygen atoms in total. The molecule has 1 aliphatic rings. The molecule has 6 heteroatoms. The Bertz CT molecular complexity index is 787. The third-order valence-electron chi connectivity index (χ3n) is 4.37. The summed E-state index contributed by atoms with van der Waals surface area (Å²) in [6, 6.07) is 5.47. The van der Waals surface area contributed by atoms with Gasteiger partial charge in [0, 0.05) is 46.0 Å². The molecule has 24 heavy (non-hydrogen) atoms. The fourth-order valence-corrected chi connectivity index (χ4v) is 3.25. The molecule has 1 fully saturated rings. The number of carbonyl (C=O) groups is 1. The number of carbonyl (C=O) groups excluding carboxylic acids is 1. The van der Waals surface area contributed by atoms with Crippen LogP contribution in [0.25, 0.3) is 6.08 Å². The van der Waals surface area contributed by atoms with Gasteiger partial charge in [-0.05, 0) is 38.5 Å². The maximum atomic E-state index is 12.0. The number of nitrogens with zero attached hydrogens (tertiary/aromatic N) is 3. The highest BCUT2D eigenvalue weighted by Crippen LogP contribution is 2.26. The Kier molecular flexibility index (Phi) is 4.97. The molecule has 0 spiro atoms. The Labute approximate surface area is 151 Å². The number of rotatable bonds is 4. The largest absolute Gasteiger partial charge is 0.339 e. The van der Waals surface area contributed by atoms with Gasteiger partial charge in [0.15, 0.2) is 0 Å². The van der Waals surface area contributed by atoms with Gasteiger partial charge in [0.25, 0.3) is 0 Å². The summed E-state index contributed by atoms with van der Waals surface area (Å²) in [5.41, 5.74) is 3.67. The molecule has 1 aromatic carbocycles. The first-order valence-electron chi connectivity index (χ1n) is 7.91. The molecule has 2 heterocycles. The summed E-state index contributed by atoms with van der Waals surface area (Å²) in [5, 5.41) is 5.82. The number of amides is 1. The van der Waals surface area contributed by atoms with Gasteiger partial charge in [0.05, 0.1) is 12.2 Å². The average molecular weight is 364 g/mol. The van der Waals surface area contributed by atoms with E-state index in [9.17, 15) is 4.79 Å². The second-order valence-corrected chi connectivity index (χ2v) is 6.77. The van der Waals surface area contributed by atoms with Gasteiger partial charge in [-0.15, -0.1) is 0 Å². The second kappa shape index (κ2) is 6.99. The fourth-order valence-electron chi connectivity index (χ4n) is 2.74. The average Bonchev–Trinajstić information content (AvgIpc) is 2.73. The lowest BCUT2D eigenvalue weighted by Crippen LogP contribution is -2.40. The number of benzene rings is 1. The van der Waals surface area contributed by atoms with E-state index in [4.69, 9.17) is 23.2 Å². The summed E-state index contributed by atoms with van der Waals surface area (Å²) >= 11 is 12.5. The maximum Gasteiger partial charge on any atom is 0.246 e. The lowest BCUT2D eigenvalue weighted by atomic mass is 10.1. The van der Waals surface area contributed by atoms with Gasteiger partial charge < -0.3 is 4.90 Å². The predicted octanol–water partition coefficient (Wildman–Crippen LogP) is 4.10. The van der Waals surface area contributed by atoms with E-state index in [1.54, 1.807) is 6.08 Å². The van der Waals surface area contributed by atoms with Crippen LogP contribution in [-0.4, -0.2) is 33.7 Å². The zero-order chi connectivity index (χ0) is 17.3. The van der Waals surface area contributed by atoms with Crippen molar-refractivity contribution in [2.24, 2.45) is 0 Å². The van der Waals surface area contributed by atoms with Gasteiger partial charge >= 0.3 is 0 Å². The minimum Gasteiger partial charge on any atom is -0.339 e. The van der Waals surface area contributed by atoms with Crippen molar-refractivity contribution in [3.05, 3.63) is 56.8 Å². The highest BCUT2D eigenvalue weighted by atomic mass is 35.5. The summed E-state index contributed by atoms with van der Waals surface area (Å²) < 4.78 is 1.87. The monoisotopic (exact) mass is 363 g/mol. The van der Waals surface area contributed by atoms with Gasteiger partial charge in [0.2, 0.25) is 5.91 Å². The maximum absolute atomic E-state index is 12.0. The number of aryl methyl sites for hydroxylation is 1. The smallest absolute Gasteiger partial charge is 0.246 e. The van der Waals surface area contributed by atoms with Crippen molar-refractivity contribution >= 4 is 35.2 Å². The first-order chi connectivity index (χ1) is 11.5. The van der Waals surface area contributed by atoms with Crippen molar-refractivity contribution < 1.29 is 4.79 Å². The lowest BCUT2D eigenvalue weighted by Gasteiger charge is -2.29. The van der Waals surface area contributed by atoms with Crippen LogP contribution in [0.5, 0.6) is 0 Å². The van der Waals surface area contributed by atoms with E-state index in [2.05, 4.69) is 5.10 Å². The van der Waals surface area contributed by atoms with E-state index in [0.717, 1.165) is 42.0 Å². The highest BCUT2D eigenvalue weighted by Gasteiger charge is 2.18. The molecule has 126 valence electrons. The minimum atomic E-state index is 0.0574. The minimum absolute atomic E-state index is 0.0574. The molecule has 3 rings (SSSR count). The molecule has 1 aliphatic heterocycles. The zero-order valence-corrected chi connectivity index (χ0v) is 15.2. The normalized spacial score (nSPS) is 14.2. The predicted molar refractivity (Wildman–Crippen MR) is 97.5 cm³/mol. The fraction of sp³-hybridized carbons (Fsp3) is 0.333. The van der Waals surface area contributed by atoms with Crippen molar-refractivity contribution in [1.82, 2.24) is 14.7 Å². The number of likely N-dealkylation sites (tertiary alicyclic amines) is 1.